The topological polar surface area (TPSA) is 28.4 Å². The number of benzene rings is 1. The van der Waals surface area contributed by atoms with E-state index in [2.05, 4.69) is 24.1 Å². The summed E-state index contributed by atoms with van der Waals surface area (Å²) in [5.74, 6) is 1.81. The largest absolute Gasteiger partial charge is 0.460 e. The van der Waals surface area contributed by atoms with E-state index in [9.17, 15) is 0 Å². The van der Waals surface area contributed by atoms with Crippen LogP contribution in [-0.2, 0) is 6.54 Å². The van der Waals surface area contributed by atoms with Crippen molar-refractivity contribution in [1.82, 2.24) is 10.2 Å². The molecular formula is C18H27Cl3N2O. The summed E-state index contributed by atoms with van der Waals surface area (Å²) >= 11 is 6.17. The van der Waals surface area contributed by atoms with E-state index >= 15 is 0 Å². The lowest BCUT2D eigenvalue weighted by atomic mass is 10.1. The molecule has 0 unspecified atom stereocenters. The number of nitrogens with one attached hydrogen (secondary N) is 1. The fraction of sp³-hybridized carbons (Fsp3) is 0.444. The summed E-state index contributed by atoms with van der Waals surface area (Å²) < 4.78 is 5.89. The van der Waals surface area contributed by atoms with Crippen molar-refractivity contribution in [3.05, 3.63) is 46.7 Å². The molecule has 0 saturated heterocycles. The van der Waals surface area contributed by atoms with Crippen LogP contribution in [0, 0.1) is 6.92 Å². The molecule has 2 aromatic rings. The van der Waals surface area contributed by atoms with Crippen molar-refractivity contribution >= 4 is 36.4 Å². The van der Waals surface area contributed by atoms with Crippen molar-refractivity contribution < 1.29 is 4.42 Å². The molecule has 0 bridgehead atoms. The van der Waals surface area contributed by atoms with Crippen LogP contribution in [0.2, 0.25) is 5.02 Å². The summed E-state index contributed by atoms with van der Waals surface area (Å²) in [5, 5.41) is 4.20. The molecule has 0 saturated carbocycles. The minimum Gasteiger partial charge on any atom is -0.460 e. The Morgan fingerprint density at radius 1 is 1.08 bits per heavy atom. The highest BCUT2D eigenvalue weighted by atomic mass is 35.5. The second kappa shape index (κ2) is 11.8. The highest BCUT2D eigenvalue weighted by Crippen LogP contribution is 2.26. The smallest absolute Gasteiger partial charge is 0.134 e. The average Bonchev–Trinajstić information content (AvgIpc) is 2.99. The SMILES string of the molecule is CCN(CC)CCNCc1ccc(-c2ccc(C)c(Cl)c2)o1.Cl.Cl. The Bertz CT molecular complexity index is 598. The molecule has 0 aliphatic rings. The van der Waals surface area contributed by atoms with Crippen molar-refractivity contribution in [1.29, 1.82) is 0 Å². The van der Waals surface area contributed by atoms with Crippen LogP contribution in [0.25, 0.3) is 11.3 Å². The number of likely N-dealkylation sites (N-methyl/N-ethyl adjacent to an activating group) is 1. The fourth-order valence-electron chi connectivity index (χ4n) is 2.36. The van der Waals surface area contributed by atoms with Gasteiger partial charge in [-0.3, -0.25) is 0 Å². The molecule has 0 atom stereocenters. The van der Waals surface area contributed by atoms with E-state index in [0.717, 1.165) is 60.4 Å². The lowest BCUT2D eigenvalue weighted by Gasteiger charge is -2.17. The second-order valence-corrected chi connectivity index (χ2v) is 5.84. The molecule has 0 amide bonds. The molecule has 1 N–H and O–H groups in total. The van der Waals surface area contributed by atoms with Crippen molar-refractivity contribution in [3.8, 4) is 11.3 Å². The fourth-order valence-corrected chi connectivity index (χ4v) is 2.54. The highest BCUT2D eigenvalue weighted by Gasteiger charge is 2.06. The minimum absolute atomic E-state index is 0. The van der Waals surface area contributed by atoms with Gasteiger partial charge in [0.2, 0.25) is 0 Å². The summed E-state index contributed by atoms with van der Waals surface area (Å²) in [6.07, 6.45) is 0. The van der Waals surface area contributed by atoms with Gasteiger partial charge in [0.25, 0.3) is 0 Å². The second-order valence-electron chi connectivity index (χ2n) is 5.43. The van der Waals surface area contributed by atoms with Crippen LogP contribution in [0.15, 0.2) is 34.7 Å². The van der Waals surface area contributed by atoms with Gasteiger partial charge in [-0.05, 0) is 43.8 Å². The maximum atomic E-state index is 6.17. The van der Waals surface area contributed by atoms with E-state index in [1.165, 1.54) is 0 Å². The zero-order valence-electron chi connectivity index (χ0n) is 14.5. The van der Waals surface area contributed by atoms with Crippen molar-refractivity contribution in [2.24, 2.45) is 0 Å². The first-order valence-corrected chi connectivity index (χ1v) is 8.30. The van der Waals surface area contributed by atoms with Gasteiger partial charge >= 0.3 is 0 Å². The molecule has 0 aliphatic heterocycles. The Labute approximate surface area is 162 Å². The quantitative estimate of drug-likeness (QED) is 0.626. The molecule has 136 valence electrons. The van der Waals surface area contributed by atoms with Gasteiger partial charge in [0.1, 0.15) is 11.5 Å². The normalized spacial score (nSPS) is 10.4. The summed E-state index contributed by atoms with van der Waals surface area (Å²) in [6.45, 7) is 11.3. The van der Waals surface area contributed by atoms with Crippen molar-refractivity contribution in [2.45, 2.75) is 27.3 Å². The van der Waals surface area contributed by atoms with Gasteiger partial charge in [-0.25, -0.2) is 0 Å². The van der Waals surface area contributed by atoms with Gasteiger partial charge in [0, 0.05) is 23.7 Å². The third-order valence-corrected chi connectivity index (χ3v) is 4.32. The first-order valence-electron chi connectivity index (χ1n) is 7.92. The van der Waals surface area contributed by atoms with Crippen LogP contribution in [0.1, 0.15) is 25.2 Å². The number of nitrogens with zero attached hydrogens (tertiary/aromatic N) is 1. The van der Waals surface area contributed by atoms with E-state index in [-0.39, 0.29) is 24.8 Å². The molecule has 2 rings (SSSR count). The molecule has 0 fully saturated rings. The minimum atomic E-state index is 0. The van der Waals surface area contributed by atoms with Crippen LogP contribution < -0.4 is 5.32 Å². The van der Waals surface area contributed by atoms with Gasteiger partial charge < -0.3 is 14.6 Å². The van der Waals surface area contributed by atoms with Crippen LogP contribution in [0.4, 0.5) is 0 Å². The molecule has 0 aliphatic carbocycles. The van der Waals surface area contributed by atoms with E-state index < -0.39 is 0 Å². The van der Waals surface area contributed by atoms with Gasteiger partial charge in [0.15, 0.2) is 0 Å². The van der Waals surface area contributed by atoms with E-state index in [1.807, 2.05) is 37.3 Å². The third-order valence-electron chi connectivity index (χ3n) is 3.92. The van der Waals surface area contributed by atoms with Crippen molar-refractivity contribution in [2.75, 3.05) is 26.2 Å². The first-order chi connectivity index (χ1) is 10.6. The average molecular weight is 394 g/mol. The molecule has 1 aromatic carbocycles. The Morgan fingerprint density at radius 2 is 1.79 bits per heavy atom. The lowest BCUT2D eigenvalue weighted by Crippen LogP contribution is -2.31. The predicted octanol–water partition coefficient (Wildman–Crippen LogP) is 5.18. The van der Waals surface area contributed by atoms with Crippen LogP contribution in [0.3, 0.4) is 0 Å². The maximum Gasteiger partial charge on any atom is 0.134 e. The highest BCUT2D eigenvalue weighted by molar-refractivity contribution is 6.31. The van der Waals surface area contributed by atoms with Gasteiger partial charge in [-0.2, -0.15) is 0 Å². The van der Waals surface area contributed by atoms with E-state index in [0.29, 0.717) is 0 Å². The molecule has 3 nitrogen and oxygen atoms in total. The molecule has 24 heavy (non-hydrogen) atoms. The first kappa shape index (κ1) is 23.3. The Balaban J connectivity index is 0.00000264. The lowest BCUT2D eigenvalue weighted by molar-refractivity contribution is 0.300. The maximum absolute atomic E-state index is 6.17. The van der Waals surface area contributed by atoms with Crippen LogP contribution in [-0.4, -0.2) is 31.1 Å². The molecule has 1 aromatic heterocycles. The number of halogens is 3. The summed E-state index contributed by atoms with van der Waals surface area (Å²) in [4.78, 5) is 2.40. The zero-order valence-corrected chi connectivity index (χ0v) is 16.9. The number of furan rings is 1. The number of rotatable bonds is 8. The molecule has 0 spiro atoms. The molecule has 1 heterocycles. The predicted molar refractivity (Wildman–Crippen MR) is 108 cm³/mol. The number of aryl methyl sites for hydroxylation is 1. The Kier molecular flexibility index (Phi) is 11.4. The standard InChI is InChI=1S/C18H25ClN2O.2ClH/c1-4-21(5-2)11-10-20-13-16-8-9-18(22-16)15-7-6-14(3)17(19)12-15;;/h6-9,12,20H,4-5,10-11,13H2,1-3H3;2*1H. The summed E-state index contributed by atoms with van der Waals surface area (Å²) in [5.41, 5.74) is 2.10. The zero-order chi connectivity index (χ0) is 15.9. The van der Waals surface area contributed by atoms with Gasteiger partial charge in [0.05, 0.1) is 6.54 Å². The van der Waals surface area contributed by atoms with E-state index in [4.69, 9.17) is 16.0 Å². The molecule has 0 radical (unpaired) electrons. The van der Waals surface area contributed by atoms with Crippen molar-refractivity contribution in [3.63, 3.8) is 0 Å². The molecular weight excluding hydrogens is 367 g/mol. The molecule has 6 heteroatoms. The number of hydrogen-bond donors (Lipinski definition) is 1. The van der Waals surface area contributed by atoms with Crippen LogP contribution in [0.5, 0.6) is 0 Å². The van der Waals surface area contributed by atoms with Crippen LogP contribution >= 0.6 is 36.4 Å². The summed E-state index contributed by atoms with van der Waals surface area (Å²) in [7, 11) is 0. The summed E-state index contributed by atoms with van der Waals surface area (Å²) in [6, 6.07) is 10.0. The van der Waals surface area contributed by atoms with Gasteiger partial charge in [-0.15, -0.1) is 24.8 Å². The monoisotopic (exact) mass is 392 g/mol. The van der Waals surface area contributed by atoms with Gasteiger partial charge in [-0.1, -0.05) is 37.6 Å². The number of hydrogen-bond acceptors (Lipinski definition) is 3. The third kappa shape index (κ3) is 6.66. The Hall–Kier alpha value is -0.710. The van der Waals surface area contributed by atoms with E-state index in [1.54, 1.807) is 0 Å². The Morgan fingerprint density at radius 3 is 2.42 bits per heavy atom.